The van der Waals surface area contributed by atoms with E-state index in [4.69, 9.17) is 17.3 Å². The second kappa shape index (κ2) is 6.02. The van der Waals surface area contributed by atoms with Gasteiger partial charge < -0.3 is 5.73 Å². The van der Waals surface area contributed by atoms with E-state index in [1.807, 2.05) is 12.1 Å². The van der Waals surface area contributed by atoms with Gasteiger partial charge in [0.15, 0.2) is 0 Å². The first kappa shape index (κ1) is 14.9. The van der Waals surface area contributed by atoms with Gasteiger partial charge >= 0.3 is 0 Å². The molecule has 1 aliphatic rings. The smallest absolute Gasteiger partial charge is 0.234 e. The van der Waals surface area contributed by atoms with Crippen molar-refractivity contribution in [3.05, 3.63) is 41.2 Å². The predicted molar refractivity (Wildman–Crippen MR) is 79.3 cm³/mol. The quantitative estimate of drug-likeness (QED) is 0.920. The lowest BCUT2D eigenvalue weighted by atomic mass is 10.2. The molecule has 2 aromatic rings. The Labute approximate surface area is 131 Å². The minimum atomic E-state index is -1.04. The van der Waals surface area contributed by atoms with Gasteiger partial charge in [0.05, 0.1) is 23.6 Å². The Morgan fingerprint density at radius 1 is 1.41 bits per heavy atom. The van der Waals surface area contributed by atoms with Crippen LogP contribution in [0.15, 0.2) is 30.5 Å². The number of rotatable bonds is 4. The molecule has 0 radical (unpaired) electrons. The SMILES string of the molecule is NC(=O)[C@@H]1C[C@@H](F)CN1Cc1cn(-c2ccc(Cl)cc2)nn1. The lowest BCUT2D eigenvalue weighted by molar-refractivity contribution is -0.122. The van der Waals surface area contributed by atoms with E-state index in [1.54, 1.807) is 27.9 Å². The van der Waals surface area contributed by atoms with Gasteiger partial charge in [-0.1, -0.05) is 16.8 Å². The molecule has 6 nitrogen and oxygen atoms in total. The average molecular weight is 324 g/mol. The lowest BCUT2D eigenvalue weighted by Crippen LogP contribution is -2.39. The normalized spacial score (nSPS) is 22.1. The maximum atomic E-state index is 13.5. The van der Waals surface area contributed by atoms with Crippen LogP contribution in [0.2, 0.25) is 5.02 Å². The van der Waals surface area contributed by atoms with Crippen molar-refractivity contribution in [3.8, 4) is 5.69 Å². The number of amides is 1. The summed E-state index contributed by atoms with van der Waals surface area (Å²) in [5.41, 5.74) is 6.78. The van der Waals surface area contributed by atoms with E-state index in [0.29, 0.717) is 17.3 Å². The van der Waals surface area contributed by atoms with Gasteiger partial charge in [-0.3, -0.25) is 9.69 Å². The Hall–Kier alpha value is -1.99. The number of likely N-dealkylation sites (tertiary alicyclic amines) is 1. The standard InChI is InChI=1S/C14H15ClFN5O/c15-9-1-3-12(4-2-9)21-8-11(18-19-21)7-20-6-10(16)5-13(20)14(17)22/h1-4,8,10,13H,5-7H2,(H2,17,22)/t10-,13+/m1/s1. The second-order valence-electron chi connectivity index (χ2n) is 5.31. The Balaban J connectivity index is 1.74. The van der Waals surface area contributed by atoms with E-state index in [-0.39, 0.29) is 13.0 Å². The predicted octanol–water partition coefficient (Wildman–Crippen LogP) is 1.32. The van der Waals surface area contributed by atoms with Crippen LogP contribution in [0, 0.1) is 0 Å². The van der Waals surface area contributed by atoms with Gasteiger partial charge in [-0.15, -0.1) is 5.10 Å². The molecular formula is C14H15ClFN5O. The molecular weight excluding hydrogens is 309 g/mol. The topological polar surface area (TPSA) is 77.0 Å². The Morgan fingerprint density at radius 3 is 2.82 bits per heavy atom. The van der Waals surface area contributed by atoms with Gasteiger partial charge in [0.2, 0.25) is 5.91 Å². The van der Waals surface area contributed by atoms with Crippen molar-refractivity contribution >= 4 is 17.5 Å². The summed E-state index contributed by atoms with van der Waals surface area (Å²) < 4.78 is 15.1. The molecule has 1 aromatic carbocycles. The van der Waals surface area contributed by atoms with Crippen LogP contribution >= 0.6 is 11.6 Å². The zero-order chi connectivity index (χ0) is 15.7. The third kappa shape index (κ3) is 3.10. The number of benzene rings is 1. The van der Waals surface area contributed by atoms with Crippen LogP contribution in [0.3, 0.4) is 0 Å². The van der Waals surface area contributed by atoms with Gasteiger partial charge in [-0.05, 0) is 24.3 Å². The maximum Gasteiger partial charge on any atom is 0.234 e. The third-order valence-electron chi connectivity index (χ3n) is 3.68. The van der Waals surface area contributed by atoms with Crippen LogP contribution in [-0.4, -0.2) is 44.6 Å². The number of nitrogens with zero attached hydrogens (tertiary/aromatic N) is 4. The molecule has 1 aliphatic heterocycles. The monoisotopic (exact) mass is 323 g/mol. The van der Waals surface area contributed by atoms with E-state index in [0.717, 1.165) is 5.69 Å². The minimum absolute atomic E-state index is 0.140. The van der Waals surface area contributed by atoms with Crippen LogP contribution in [0.1, 0.15) is 12.1 Å². The van der Waals surface area contributed by atoms with Crippen LogP contribution in [-0.2, 0) is 11.3 Å². The summed E-state index contributed by atoms with van der Waals surface area (Å²) in [6.45, 7) is 0.517. The van der Waals surface area contributed by atoms with Crippen LogP contribution in [0.4, 0.5) is 4.39 Å². The van der Waals surface area contributed by atoms with Crippen LogP contribution in [0.5, 0.6) is 0 Å². The van der Waals surface area contributed by atoms with Crippen molar-refractivity contribution in [2.75, 3.05) is 6.54 Å². The highest BCUT2D eigenvalue weighted by Crippen LogP contribution is 2.22. The third-order valence-corrected chi connectivity index (χ3v) is 3.93. The molecule has 1 aromatic heterocycles. The molecule has 1 amide bonds. The largest absolute Gasteiger partial charge is 0.368 e. The highest BCUT2D eigenvalue weighted by atomic mass is 35.5. The van der Waals surface area contributed by atoms with E-state index in [9.17, 15) is 9.18 Å². The molecule has 2 atom stereocenters. The van der Waals surface area contributed by atoms with E-state index >= 15 is 0 Å². The number of carbonyl (C=O) groups is 1. The van der Waals surface area contributed by atoms with Gasteiger partial charge in [-0.2, -0.15) is 0 Å². The molecule has 3 rings (SSSR count). The fourth-order valence-corrected chi connectivity index (χ4v) is 2.74. The average Bonchev–Trinajstić information content (AvgIpc) is 3.07. The highest BCUT2D eigenvalue weighted by Gasteiger charge is 2.36. The van der Waals surface area contributed by atoms with Crippen molar-refractivity contribution in [1.82, 2.24) is 19.9 Å². The number of halogens is 2. The second-order valence-corrected chi connectivity index (χ2v) is 5.75. The Bertz CT molecular complexity index is 674. The highest BCUT2D eigenvalue weighted by molar-refractivity contribution is 6.30. The fraction of sp³-hybridized carbons (Fsp3) is 0.357. The molecule has 0 unspecified atom stereocenters. The molecule has 8 heteroatoms. The van der Waals surface area contributed by atoms with Gasteiger partial charge in [-0.25, -0.2) is 9.07 Å². The number of hydrogen-bond acceptors (Lipinski definition) is 4. The number of nitrogens with two attached hydrogens (primary N) is 1. The summed E-state index contributed by atoms with van der Waals surface area (Å²) in [6, 6.07) is 6.57. The van der Waals surface area contributed by atoms with Gasteiger partial charge in [0.1, 0.15) is 6.17 Å². The van der Waals surface area contributed by atoms with Crippen molar-refractivity contribution < 1.29 is 9.18 Å². The fourth-order valence-electron chi connectivity index (χ4n) is 2.62. The molecule has 2 heterocycles. The first-order valence-electron chi connectivity index (χ1n) is 6.87. The van der Waals surface area contributed by atoms with Crippen molar-refractivity contribution in [2.24, 2.45) is 5.73 Å². The van der Waals surface area contributed by atoms with Crippen molar-refractivity contribution in [1.29, 1.82) is 0 Å². The summed E-state index contributed by atoms with van der Waals surface area (Å²) in [5, 5.41) is 8.73. The molecule has 0 spiro atoms. The number of primary amides is 1. The van der Waals surface area contributed by atoms with Crippen LogP contribution in [0.25, 0.3) is 5.69 Å². The van der Waals surface area contributed by atoms with Crippen molar-refractivity contribution in [2.45, 2.75) is 25.2 Å². The van der Waals surface area contributed by atoms with E-state index in [2.05, 4.69) is 10.3 Å². The number of aromatic nitrogens is 3. The zero-order valence-corrected chi connectivity index (χ0v) is 12.4. The molecule has 116 valence electrons. The molecule has 1 saturated heterocycles. The van der Waals surface area contributed by atoms with Crippen molar-refractivity contribution in [3.63, 3.8) is 0 Å². The molecule has 0 saturated carbocycles. The Kier molecular flexibility index (Phi) is 4.08. The van der Waals surface area contributed by atoms with Gasteiger partial charge in [0, 0.05) is 24.5 Å². The summed E-state index contributed by atoms with van der Waals surface area (Å²) in [4.78, 5) is 13.1. The summed E-state index contributed by atoms with van der Waals surface area (Å²) >= 11 is 5.85. The first-order valence-corrected chi connectivity index (χ1v) is 7.25. The zero-order valence-electron chi connectivity index (χ0n) is 11.7. The molecule has 1 fully saturated rings. The summed E-state index contributed by atoms with van der Waals surface area (Å²) in [6.07, 6.45) is 0.844. The first-order chi connectivity index (χ1) is 10.5. The molecule has 0 bridgehead atoms. The molecule has 0 aliphatic carbocycles. The maximum absolute atomic E-state index is 13.5. The Morgan fingerprint density at radius 2 is 2.14 bits per heavy atom. The molecule has 22 heavy (non-hydrogen) atoms. The minimum Gasteiger partial charge on any atom is -0.368 e. The number of hydrogen-bond donors (Lipinski definition) is 1. The van der Waals surface area contributed by atoms with Crippen LogP contribution < -0.4 is 5.73 Å². The summed E-state index contributed by atoms with van der Waals surface area (Å²) in [7, 11) is 0. The van der Waals surface area contributed by atoms with E-state index in [1.165, 1.54) is 0 Å². The number of alkyl halides is 1. The number of carbonyl (C=O) groups excluding carboxylic acids is 1. The lowest BCUT2D eigenvalue weighted by Gasteiger charge is -2.19. The molecule has 2 N–H and O–H groups in total. The van der Waals surface area contributed by atoms with E-state index < -0.39 is 18.1 Å². The summed E-state index contributed by atoms with van der Waals surface area (Å²) in [5.74, 6) is -0.509. The van der Waals surface area contributed by atoms with Gasteiger partial charge in [0.25, 0.3) is 0 Å².